The number of rotatable bonds is 9. The fraction of sp³-hybridized carbons (Fsp3) is 0.333. The molecule has 0 heterocycles. The summed E-state index contributed by atoms with van der Waals surface area (Å²) in [6.07, 6.45) is 1.96. The number of hydrogen-bond acceptors (Lipinski definition) is 3. The van der Waals surface area contributed by atoms with Gasteiger partial charge in [-0.15, -0.1) is 6.58 Å². The van der Waals surface area contributed by atoms with Crippen LogP contribution in [0.5, 0.6) is 11.5 Å². The average molecular weight is 475 g/mol. The molecule has 2 atom stereocenters. The molecular weight excluding hydrogens is 436 g/mol. The number of allylic oxidation sites excluding steroid dienone is 1. The first kappa shape index (κ1) is 25.8. The van der Waals surface area contributed by atoms with E-state index in [9.17, 15) is 5.11 Å². The van der Waals surface area contributed by atoms with Crippen molar-refractivity contribution in [3.63, 3.8) is 0 Å². The first-order valence-electron chi connectivity index (χ1n) is 11.9. The van der Waals surface area contributed by atoms with Crippen LogP contribution in [0.2, 0.25) is 5.04 Å². The van der Waals surface area contributed by atoms with Gasteiger partial charge < -0.3 is 14.3 Å². The van der Waals surface area contributed by atoms with Gasteiger partial charge in [0, 0.05) is 12.5 Å². The molecule has 180 valence electrons. The molecule has 1 N–H and O–H groups in total. The Morgan fingerprint density at radius 1 is 0.971 bits per heavy atom. The van der Waals surface area contributed by atoms with Gasteiger partial charge in [0.25, 0.3) is 8.32 Å². The number of phenolic OH excluding ortho intramolecular Hbond substituents is 1. The highest BCUT2D eigenvalue weighted by Crippen LogP contribution is 2.39. The maximum Gasteiger partial charge on any atom is 0.261 e. The molecule has 4 heteroatoms. The van der Waals surface area contributed by atoms with Crippen molar-refractivity contribution < 1.29 is 14.3 Å². The lowest BCUT2D eigenvalue weighted by atomic mass is 9.87. The van der Waals surface area contributed by atoms with E-state index in [2.05, 4.69) is 101 Å². The molecule has 3 aromatic carbocycles. The summed E-state index contributed by atoms with van der Waals surface area (Å²) in [5, 5.41) is 12.9. The van der Waals surface area contributed by atoms with Gasteiger partial charge in [-0.2, -0.15) is 0 Å². The van der Waals surface area contributed by atoms with Gasteiger partial charge >= 0.3 is 0 Å². The number of aryl methyl sites for hydroxylation is 1. The number of benzene rings is 3. The third kappa shape index (κ3) is 4.98. The molecule has 0 fully saturated rings. The minimum Gasteiger partial charge on any atom is -0.504 e. The predicted molar refractivity (Wildman–Crippen MR) is 145 cm³/mol. The summed E-state index contributed by atoms with van der Waals surface area (Å²) in [7, 11) is -1.04. The highest BCUT2D eigenvalue weighted by molar-refractivity contribution is 6.99. The van der Waals surface area contributed by atoms with Gasteiger partial charge in [0.2, 0.25) is 0 Å². The lowest BCUT2D eigenvalue weighted by Crippen LogP contribution is -2.66. The average Bonchev–Trinajstić information content (AvgIpc) is 2.80. The normalized spacial score (nSPS) is 13.8. The summed E-state index contributed by atoms with van der Waals surface area (Å²) in [4.78, 5) is 0. The number of hydrogen-bond donors (Lipinski definition) is 1. The molecule has 0 saturated carbocycles. The fourth-order valence-electron chi connectivity index (χ4n) is 5.06. The summed E-state index contributed by atoms with van der Waals surface area (Å²) in [6.45, 7) is 15.7. The smallest absolute Gasteiger partial charge is 0.261 e. The van der Waals surface area contributed by atoms with Crippen molar-refractivity contribution in [1.82, 2.24) is 0 Å². The molecule has 3 aromatic rings. The number of methoxy groups -OCH3 is 1. The van der Waals surface area contributed by atoms with Crippen LogP contribution in [0.25, 0.3) is 0 Å². The first-order valence-corrected chi connectivity index (χ1v) is 13.8. The Hall–Kier alpha value is -2.82. The molecule has 0 amide bonds. The van der Waals surface area contributed by atoms with E-state index in [1.54, 1.807) is 13.2 Å². The van der Waals surface area contributed by atoms with Gasteiger partial charge in [0.1, 0.15) is 0 Å². The predicted octanol–water partition coefficient (Wildman–Crippen LogP) is 6.19. The van der Waals surface area contributed by atoms with Crippen molar-refractivity contribution >= 4 is 18.7 Å². The maximum atomic E-state index is 10.5. The topological polar surface area (TPSA) is 38.7 Å². The molecule has 0 aromatic heterocycles. The number of phenols is 1. The van der Waals surface area contributed by atoms with Crippen LogP contribution in [0.1, 0.15) is 44.7 Å². The quantitative estimate of drug-likeness (QED) is 0.297. The van der Waals surface area contributed by atoms with Gasteiger partial charge in [-0.25, -0.2) is 0 Å². The Morgan fingerprint density at radius 2 is 1.50 bits per heavy atom. The second kappa shape index (κ2) is 10.6. The van der Waals surface area contributed by atoms with E-state index in [0.717, 1.165) is 11.1 Å². The van der Waals surface area contributed by atoms with Crippen LogP contribution in [0.3, 0.4) is 0 Å². The Kier molecular flexibility index (Phi) is 8.06. The van der Waals surface area contributed by atoms with Crippen LogP contribution in [-0.2, 0) is 4.43 Å². The molecule has 34 heavy (non-hydrogen) atoms. The number of ether oxygens (including phenoxy) is 1. The zero-order valence-electron chi connectivity index (χ0n) is 21.3. The van der Waals surface area contributed by atoms with Gasteiger partial charge in [-0.05, 0) is 45.4 Å². The third-order valence-corrected chi connectivity index (χ3v) is 11.7. The molecule has 3 nitrogen and oxygen atoms in total. The zero-order valence-corrected chi connectivity index (χ0v) is 22.3. The Labute approximate surface area is 206 Å². The second-order valence-electron chi connectivity index (χ2n) is 10.1. The summed E-state index contributed by atoms with van der Waals surface area (Å²) in [6, 6.07) is 25.3. The van der Waals surface area contributed by atoms with Crippen molar-refractivity contribution in [2.75, 3.05) is 13.7 Å². The van der Waals surface area contributed by atoms with E-state index >= 15 is 0 Å². The summed E-state index contributed by atoms with van der Waals surface area (Å²) in [5.41, 5.74) is 1.92. The van der Waals surface area contributed by atoms with Crippen LogP contribution in [-0.4, -0.2) is 27.1 Å². The highest BCUT2D eigenvalue weighted by atomic mass is 28.4. The first-order chi connectivity index (χ1) is 16.2. The van der Waals surface area contributed by atoms with E-state index in [1.165, 1.54) is 10.4 Å². The van der Waals surface area contributed by atoms with E-state index in [0.29, 0.717) is 12.4 Å². The minimum absolute atomic E-state index is 0.0359. The van der Waals surface area contributed by atoms with Gasteiger partial charge in [0.05, 0.1) is 7.11 Å². The molecule has 0 aliphatic heterocycles. The van der Waals surface area contributed by atoms with Crippen LogP contribution in [0, 0.1) is 12.8 Å². The molecule has 0 aliphatic carbocycles. The van der Waals surface area contributed by atoms with E-state index in [-0.39, 0.29) is 22.6 Å². The van der Waals surface area contributed by atoms with Crippen molar-refractivity contribution in [2.24, 2.45) is 5.92 Å². The van der Waals surface area contributed by atoms with Crippen LogP contribution in [0.4, 0.5) is 0 Å². The molecule has 0 bridgehead atoms. The molecule has 0 unspecified atom stereocenters. The largest absolute Gasteiger partial charge is 0.504 e. The zero-order chi connectivity index (χ0) is 24.9. The van der Waals surface area contributed by atoms with Crippen LogP contribution in [0.15, 0.2) is 85.5 Å². The SMILES string of the molecule is C=C[C@@H](c1cc(C)c(OC)c(O)c1)[C@@H](C)CO[Si](c1ccccc1)(c1ccccc1)C(C)(C)C. The molecule has 0 aliphatic rings. The highest BCUT2D eigenvalue weighted by Gasteiger charge is 2.50. The Balaban J connectivity index is 2.00. The van der Waals surface area contributed by atoms with E-state index in [1.807, 2.05) is 13.0 Å². The van der Waals surface area contributed by atoms with E-state index in [4.69, 9.17) is 9.16 Å². The summed E-state index contributed by atoms with van der Waals surface area (Å²) < 4.78 is 12.5. The van der Waals surface area contributed by atoms with Crippen LogP contribution < -0.4 is 15.1 Å². The van der Waals surface area contributed by atoms with Gasteiger partial charge in [-0.3, -0.25) is 0 Å². The lowest BCUT2D eigenvalue weighted by molar-refractivity contribution is 0.235. The number of aromatic hydroxyl groups is 1. The van der Waals surface area contributed by atoms with Crippen molar-refractivity contribution in [3.8, 4) is 11.5 Å². The molecule has 0 spiro atoms. The Morgan fingerprint density at radius 3 is 1.91 bits per heavy atom. The Bertz CT molecular complexity index is 1020. The minimum atomic E-state index is -2.61. The van der Waals surface area contributed by atoms with E-state index < -0.39 is 8.32 Å². The monoisotopic (exact) mass is 474 g/mol. The molecule has 0 saturated heterocycles. The standard InChI is InChI=1S/C30H38O3Si/c1-8-27(24-19-22(2)29(32-7)28(31)20-24)23(3)21-33-34(30(4,5)6,25-15-11-9-12-16-25)26-17-13-10-14-18-26/h8-20,23,27,31H,1,21H2,2-7H3/t23-,27+/m0/s1. The molecule has 0 radical (unpaired) electrons. The van der Waals surface area contributed by atoms with Crippen LogP contribution >= 0.6 is 0 Å². The maximum absolute atomic E-state index is 10.5. The molecular formula is C30H38O3Si. The summed E-state index contributed by atoms with van der Waals surface area (Å²) in [5.74, 6) is 0.868. The second-order valence-corrected chi connectivity index (χ2v) is 14.4. The van der Waals surface area contributed by atoms with Gasteiger partial charge in [0.15, 0.2) is 11.5 Å². The van der Waals surface area contributed by atoms with Crippen molar-refractivity contribution in [2.45, 2.75) is 45.6 Å². The van der Waals surface area contributed by atoms with Gasteiger partial charge in [-0.1, -0.05) is 101 Å². The third-order valence-electron chi connectivity index (χ3n) is 6.71. The van der Waals surface area contributed by atoms with Crippen molar-refractivity contribution in [1.29, 1.82) is 0 Å². The lowest BCUT2D eigenvalue weighted by Gasteiger charge is -2.44. The van der Waals surface area contributed by atoms with Crippen molar-refractivity contribution in [3.05, 3.63) is 96.6 Å². The fourth-order valence-corrected chi connectivity index (χ4v) is 9.73. The summed E-state index contributed by atoms with van der Waals surface area (Å²) >= 11 is 0. The molecule has 3 rings (SSSR count).